The zero-order valence-corrected chi connectivity index (χ0v) is 12.5. The van der Waals surface area contributed by atoms with Gasteiger partial charge >= 0.3 is 0 Å². The lowest BCUT2D eigenvalue weighted by atomic mass is 10.1. The van der Waals surface area contributed by atoms with E-state index in [2.05, 4.69) is 5.32 Å². The normalized spacial score (nSPS) is 12.9. The lowest BCUT2D eigenvalue weighted by molar-refractivity contribution is 0.459. The zero-order valence-electron chi connectivity index (χ0n) is 11.7. The van der Waals surface area contributed by atoms with Gasteiger partial charge in [-0.2, -0.15) is 0 Å². The topological polar surface area (TPSA) is 66.4 Å². The molecule has 21 heavy (non-hydrogen) atoms. The van der Waals surface area contributed by atoms with E-state index in [1.54, 1.807) is 19.1 Å². The molecule has 0 heterocycles. The van der Waals surface area contributed by atoms with Crippen LogP contribution in [0.15, 0.2) is 47.4 Å². The van der Waals surface area contributed by atoms with Gasteiger partial charge in [-0.15, -0.1) is 0 Å². The first-order valence-electron chi connectivity index (χ1n) is 6.32. The van der Waals surface area contributed by atoms with Crippen molar-refractivity contribution in [2.24, 2.45) is 0 Å². The Morgan fingerprint density at radius 1 is 1.19 bits per heavy atom. The molecule has 1 atom stereocenters. The molecule has 0 aliphatic heterocycles. The van der Waals surface area contributed by atoms with Crippen LogP contribution in [0.2, 0.25) is 0 Å². The number of halogens is 1. The molecule has 2 rings (SSSR count). The Bertz CT molecular complexity index is 759. The summed E-state index contributed by atoms with van der Waals surface area (Å²) in [4.78, 5) is 0.211. The summed E-state index contributed by atoms with van der Waals surface area (Å²) in [7, 11) is -3.28. The molecular formula is C15H16FNO3S. The van der Waals surface area contributed by atoms with Gasteiger partial charge in [0.25, 0.3) is 0 Å². The summed E-state index contributed by atoms with van der Waals surface area (Å²) in [5.41, 5.74) is 1.13. The van der Waals surface area contributed by atoms with E-state index in [1.807, 2.05) is 0 Å². The molecule has 112 valence electrons. The number of sulfone groups is 1. The van der Waals surface area contributed by atoms with E-state index in [1.165, 1.54) is 24.3 Å². The summed E-state index contributed by atoms with van der Waals surface area (Å²) in [5, 5.41) is 12.8. The third-order valence-electron chi connectivity index (χ3n) is 3.10. The van der Waals surface area contributed by atoms with Crippen LogP contribution < -0.4 is 5.32 Å². The lowest BCUT2D eigenvalue weighted by Gasteiger charge is -2.17. The Hall–Kier alpha value is -2.08. The van der Waals surface area contributed by atoms with Gasteiger partial charge in [-0.3, -0.25) is 0 Å². The molecular weight excluding hydrogens is 293 g/mol. The fourth-order valence-corrected chi connectivity index (χ4v) is 2.69. The van der Waals surface area contributed by atoms with E-state index < -0.39 is 15.7 Å². The largest absolute Gasteiger partial charge is 0.507 e. The number of anilines is 1. The molecule has 6 heteroatoms. The number of benzene rings is 2. The molecule has 4 nitrogen and oxygen atoms in total. The molecule has 0 radical (unpaired) electrons. The molecule has 0 aliphatic carbocycles. The van der Waals surface area contributed by atoms with Crippen molar-refractivity contribution in [3.8, 4) is 5.75 Å². The Morgan fingerprint density at radius 3 is 2.52 bits per heavy atom. The monoisotopic (exact) mass is 309 g/mol. The van der Waals surface area contributed by atoms with Crippen molar-refractivity contribution in [2.75, 3.05) is 11.6 Å². The summed E-state index contributed by atoms with van der Waals surface area (Å²) in [6, 6.07) is 9.89. The molecule has 0 bridgehead atoms. The highest BCUT2D eigenvalue weighted by Crippen LogP contribution is 2.28. The van der Waals surface area contributed by atoms with Crippen LogP contribution in [0.4, 0.5) is 10.1 Å². The van der Waals surface area contributed by atoms with E-state index >= 15 is 0 Å². The van der Waals surface area contributed by atoms with Crippen LogP contribution in [0.25, 0.3) is 0 Å². The molecule has 0 saturated carbocycles. The molecule has 0 saturated heterocycles. The number of aromatic hydroxyl groups is 1. The average Bonchev–Trinajstić information content (AvgIpc) is 2.37. The summed E-state index contributed by atoms with van der Waals surface area (Å²) in [5.74, 6) is -0.656. The van der Waals surface area contributed by atoms with Crippen molar-refractivity contribution in [1.82, 2.24) is 0 Å². The van der Waals surface area contributed by atoms with E-state index in [4.69, 9.17) is 0 Å². The van der Waals surface area contributed by atoms with Crippen LogP contribution in [0.3, 0.4) is 0 Å². The average molecular weight is 309 g/mol. The van der Waals surface area contributed by atoms with Gasteiger partial charge in [-0.1, -0.05) is 12.1 Å². The van der Waals surface area contributed by atoms with Gasteiger partial charge in [0.1, 0.15) is 11.6 Å². The van der Waals surface area contributed by atoms with Gasteiger partial charge in [-0.05, 0) is 31.2 Å². The fourth-order valence-electron chi connectivity index (χ4n) is 2.03. The Kier molecular flexibility index (Phi) is 4.18. The molecule has 0 fully saturated rings. The Labute approximate surface area is 123 Å². The molecule has 0 amide bonds. The maximum absolute atomic E-state index is 13.0. The second-order valence-electron chi connectivity index (χ2n) is 4.87. The number of rotatable bonds is 4. The zero-order chi connectivity index (χ0) is 15.6. The number of nitrogens with one attached hydrogen (secondary N) is 1. The molecule has 2 aromatic rings. The van der Waals surface area contributed by atoms with Crippen LogP contribution in [-0.2, 0) is 9.84 Å². The number of phenols is 1. The summed E-state index contributed by atoms with van der Waals surface area (Å²) in [6.45, 7) is 1.79. The van der Waals surface area contributed by atoms with Crippen LogP contribution >= 0.6 is 0 Å². The molecule has 0 aliphatic rings. The van der Waals surface area contributed by atoms with Gasteiger partial charge < -0.3 is 10.4 Å². The SMILES string of the molecule is CC(Nc1cccc(S(C)(=O)=O)c1)c1ccc(F)cc1O. The van der Waals surface area contributed by atoms with Crippen LogP contribution in [0.5, 0.6) is 5.75 Å². The van der Waals surface area contributed by atoms with Crippen LogP contribution in [0, 0.1) is 5.82 Å². The Morgan fingerprint density at radius 2 is 1.90 bits per heavy atom. The maximum atomic E-state index is 13.0. The highest BCUT2D eigenvalue weighted by Gasteiger charge is 2.12. The minimum atomic E-state index is -3.28. The van der Waals surface area contributed by atoms with Gasteiger partial charge in [-0.25, -0.2) is 12.8 Å². The number of phenolic OH excluding ortho intramolecular Hbond substituents is 1. The highest BCUT2D eigenvalue weighted by atomic mass is 32.2. The smallest absolute Gasteiger partial charge is 0.175 e. The van der Waals surface area contributed by atoms with Gasteiger partial charge in [0, 0.05) is 23.6 Å². The van der Waals surface area contributed by atoms with Crippen LogP contribution in [0.1, 0.15) is 18.5 Å². The van der Waals surface area contributed by atoms with E-state index in [-0.39, 0.29) is 16.7 Å². The van der Waals surface area contributed by atoms with Gasteiger partial charge in [0.2, 0.25) is 0 Å². The lowest BCUT2D eigenvalue weighted by Crippen LogP contribution is -2.08. The van der Waals surface area contributed by atoms with E-state index in [0.29, 0.717) is 11.3 Å². The highest BCUT2D eigenvalue weighted by molar-refractivity contribution is 7.90. The van der Waals surface area contributed by atoms with E-state index in [9.17, 15) is 17.9 Å². The van der Waals surface area contributed by atoms with Crippen molar-refractivity contribution in [3.05, 3.63) is 53.8 Å². The molecule has 0 spiro atoms. The molecule has 0 aromatic heterocycles. The van der Waals surface area contributed by atoms with Gasteiger partial charge in [0.05, 0.1) is 10.9 Å². The summed E-state index contributed by atoms with van der Waals surface area (Å²) >= 11 is 0. The van der Waals surface area contributed by atoms with Crippen molar-refractivity contribution < 1.29 is 17.9 Å². The van der Waals surface area contributed by atoms with Crippen molar-refractivity contribution in [2.45, 2.75) is 17.9 Å². The second-order valence-corrected chi connectivity index (χ2v) is 6.88. The Balaban J connectivity index is 2.25. The minimum absolute atomic E-state index is 0.144. The first-order valence-corrected chi connectivity index (χ1v) is 8.21. The quantitative estimate of drug-likeness (QED) is 0.910. The molecule has 2 aromatic carbocycles. The summed E-state index contributed by atoms with van der Waals surface area (Å²) < 4.78 is 36.0. The fraction of sp³-hybridized carbons (Fsp3) is 0.200. The minimum Gasteiger partial charge on any atom is -0.507 e. The standard InChI is InChI=1S/C15H16FNO3S/c1-10(14-7-6-11(16)8-15(14)18)17-12-4-3-5-13(9-12)21(2,19)20/h3-10,17-18H,1-2H3. The summed E-state index contributed by atoms with van der Waals surface area (Å²) in [6.07, 6.45) is 1.14. The van der Waals surface area contributed by atoms with Crippen molar-refractivity contribution in [3.63, 3.8) is 0 Å². The van der Waals surface area contributed by atoms with E-state index in [0.717, 1.165) is 12.3 Å². The van der Waals surface area contributed by atoms with Crippen molar-refractivity contribution in [1.29, 1.82) is 0 Å². The number of hydrogen-bond donors (Lipinski definition) is 2. The van der Waals surface area contributed by atoms with Gasteiger partial charge in [0.15, 0.2) is 9.84 Å². The predicted octanol–water partition coefficient (Wildman–Crippen LogP) is 3.11. The molecule has 1 unspecified atom stereocenters. The first-order chi connectivity index (χ1) is 9.77. The number of hydrogen-bond acceptors (Lipinski definition) is 4. The van der Waals surface area contributed by atoms with Crippen LogP contribution in [-0.4, -0.2) is 19.8 Å². The third-order valence-corrected chi connectivity index (χ3v) is 4.21. The maximum Gasteiger partial charge on any atom is 0.175 e. The second kappa shape index (κ2) is 5.73. The molecule has 2 N–H and O–H groups in total. The predicted molar refractivity (Wildman–Crippen MR) is 79.7 cm³/mol. The van der Waals surface area contributed by atoms with Crippen molar-refractivity contribution >= 4 is 15.5 Å². The first kappa shape index (κ1) is 15.3. The third kappa shape index (κ3) is 3.72.